The minimum atomic E-state index is 0.00675. The fourth-order valence-corrected chi connectivity index (χ4v) is 3.96. The van der Waals surface area contributed by atoms with Gasteiger partial charge in [-0.3, -0.25) is 14.5 Å². The molecule has 1 amide bonds. The van der Waals surface area contributed by atoms with Gasteiger partial charge >= 0.3 is 0 Å². The van der Waals surface area contributed by atoms with Gasteiger partial charge < -0.3 is 10.1 Å². The van der Waals surface area contributed by atoms with E-state index in [0.717, 1.165) is 25.1 Å². The summed E-state index contributed by atoms with van der Waals surface area (Å²) in [5.41, 5.74) is 4.17. The van der Waals surface area contributed by atoms with Crippen molar-refractivity contribution in [1.82, 2.24) is 10.2 Å². The average molecular weight is 513 g/mol. The minimum Gasteiger partial charge on any atom is -0.497 e. The number of Topliss-reactive ketones (excluding diaryl/α,β-unsaturated/α-hetero) is 1. The number of hydrogen-bond acceptors (Lipinski definition) is 4. The Balaban J connectivity index is 0.000000634. The first-order valence-corrected chi connectivity index (χ1v) is 13.5. The minimum absolute atomic E-state index is 0.00675. The number of methoxy groups -OCH3 is 1. The van der Waals surface area contributed by atoms with Gasteiger partial charge in [0.05, 0.1) is 13.2 Å². The molecule has 0 unspecified atom stereocenters. The van der Waals surface area contributed by atoms with Crippen molar-refractivity contribution in [2.24, 2.45) is 0 Å². The van der Waals surface area contributed by atoms with E-state index in [4.69, 9.17) is 4.74 Å². The van der Waals surface area contributed by atoms with Crippen LogP contribution in [0, 0.1) is 0 Å². The molecule has 0 bridgehead atoms. The van der Waals surface area contributed by atoms with Crippen molar-refractivity contribution in [3.8, 4) is 5.75 Å². The number of hydrogen-bond donors (Lipinski definition) is 1. The van der Waals surface area contributed by atoms with Crippen LogP contribution in [-0.2, 0) is 21.4 Å². The van der Waals surface area contributed by atoms with Crippen LogP contribution in [-0.4, -0.2) is 43.3 Å². The van der Waals surface area contributed by atoms with Crippen LogP contribution in [0.15, 0.2) is 48.5 Å². The van der Waals surface area contributed by atoms with Gasteiger partial charge in [-0.25, -0.2) is 0 Å². The topological polar surface area (TPSA) is 58.6 Å². The molecule has 0 saturated heterocycles. The third-order valence-electron chi connectivity index (χ3n) is 6.34. The molecule has 208 valence electrons. The van der Waals surface area contributed by atoms with Crippen molar-refractivity contribution in [2.45, 2.75) is 99.1 Å². The molecule has 0 aliphatic carbocycles. The summed E-state index contributed by atoms with van der Waals surface area (Å²) in [6.45, 7) is 18.9. The first-order chi connectivity index (χ1) is 17.3. The quantitative estimate of drug-likeness (QED) is 0.388. The zero-order chi connectivity index (χ0) is 28.6. The highest BCUT2D eigenvalue weighted by Crippen LogP contribution is 2.27. The van der Waals surface area contributed by atoms with Gasteiger partial charge in [-0.15, -0.1) is 0 Å². The van der Waals surface area contributed by atoms with E-state index in [-0.39, 0.29) is 29.2 Å². The lowest BCUT2D eigenvalue weighted by Gasteiger charge is -2.31. The molecule has 0 saturated carbocycles. The number of ketones is 1. The number of benzene rings is 2. The molecule has 0 spiro atoms. The first-order valence-electron chi connectivity index (χ1n) is 13.5. The predicted octanol–water partition coefficient (Wildman–Crippen LogP) is 7.13. The Kier molecular flexibility index (Phi) is 16.5. The second kappa shape index (κ2) is 17.7. The number of rotatable bonds is 9. The molecule has 2 atom stereocenters. The van der Waals surface area contributed by atoms with Crippen LogP contribution >= 0.6 is 0 Å². The van der Waals surface area contributed by atoms with Gasteiger partial charge in [0.1, 0.15) is 11.5 Å². The molecule has 37 heavy (non-hydrogen) atoms. The number of carbonyl (C=O) groups is 2. The summed E-state index contributed by atoms with van der Waals surface area (Å²) in [6.07, 6.45) is 3.21. The number of ether oxygens (including phenoxy) is 1. The SMILES string of the molecule is CCCc1ccc(OC)cc1.CCNC(C)=O.CC[C@@H](C(C)=O)N(C)[C@H](C)c1ccc(C(C)(C)C)cc1. The van der Waals surface area contributed by atoms with E-state index in [1.165, 1.54) is 30.0 Å². The molecule has 2 rings (SSSR count). The maximum Gasteiger partial charge on any atom is 0.216 e. The van der Waals surface area contributed by atoms with Crippen LogP contribution in [0.1, 0.15) is 97.9 Å². The highest BCUT2D eigenvalue weighted by atomic mass is 16.5. The van der Waals surface area contributed by atoms with Crippen LogP contribution in [0.2, 0.25) is 0 Å². The number of likely N-dealkylation sites (N-methyl/N-ethyl adjacent to an activating group) is 1. The van der Waals surface area contributed by atoms with Gasteiger partial charge in [0.15, 0.2) is 0 Å². The molecule has 0 aromatic heterocycles. The fourth-order valence-electron chi connectivity index (χ4n) is 3.96. The van der Waals surface area contributed by atoms with Crippen LogP contribution in [0.3, 0.4) is 0 Å². The van der Waals surface area contributed by atoms with Gasteiger partial charge in [0.25, 0.3) is 0 Å². The number of carbonyl (C=O) groups excluding carboxylic acids is 2. The average Bonchev–Trinajstić information content (AvgIpc) is 2.84. The molecular formula is C32H52N2O3. The van der Waals surface area contributed by atoms with E-state index in [9.17, 15) is 9.59 Å². The van der Waals surface area contributed by atoms with Crippen molar-refractivity contribution in [3.05, 3.63) is 65.2 Å². The van der Waals surface area contributed by atoms with Crippen LogP contribution in [0.5, 0.6) is 5.75 Å². The number of amides is 1. The second-order valence-electron chi connectivity index (χ2n) is 10.4. The molecule has 5 heteroatoms. The maximum absolute atomic E-state index is 11.7. The molecular weight excluding hydrogens is 460 g/mol. The van der Waals surface area contributed by atoms with Crippen LogP contribution in [0.4, 0.5) is 0 Å². The highest BCUT2D eigenvalue weighted by Gasteiger charge is 2.23. The Bertz CT molecular complexity index is 899. The van der Waals surface area contributed by atoms with Gasteiger partial charge in [0.2, 0.25) is 5.91 Å². The van der Waals surface area contributed by atoms with Crippen LogP contribution in [0.25, 0.3) is 0 Å². The van der Waals surface area contributed by atoms with Crippen molar-refractivity contribution >= 4 is 11.7 Å². The molecule has 0 fully saturated rings. The normalized spacial score (nSPS) is 12.3. The van der Waals surface area contributed by atoms with E-state index in [2.05, 4.69) is 88.2 Å². The Morgan fingerprint density at radius 2 is 1.49 bits per heavy atom. The molecule has 1 N–H and O–H groups in total. The third kappa shape index (κ3) is 13.5. The summed E-state index contributed by atoms with van der Waals surface area (Å²) in [5.74, 6) is 1.22. The van der Waals surface area contributed by atoms with Crippen molar-refractivity contribution < 1.29 is 14.3 Å². The Morgan fingerprint density at radius 1 is 0.946 bits per heavy atom. The van der Waals surface area contributed by atoms with E-state index in [1.807, 2.05) is 26.1 Å². The van der Waals surface area contributed by atoms with Crippen molar-refractivity contribution in [1.29, 1.82) is 0 Å². The molecule has 0 aliphatic heterocycles. The molecule has 2 aromatic carbocycles. The lowest BCUT2D eigenvalue weighted by atomic mass is 9.86. The summed E-state index contributed by atoms with van der Waals surface area (Å²) in [7, 11) is 3.73. The summed E-state index contributed by atoms with van der Waals surface area (Å²) >= 11 is 0. The van der Waals surface area contributed by atoms with Crippen molar-refractivity contribution in [2.75, 3.05) is 20.7 Å². The Hall–Kier alpha value is -2.66. The lowest BCUT2D eigenvalue weighted by Crippen LogP contribution is -2.38. The van der Waals surface area contributed by atoms with Gasteiger partial charge in [-0.2, -0.15) is 0 Å². The predicted molar refractivity (Wildman–Crippen MR) is 157 cm³/mol. The molecule has 2 aromatic rings. The molecule has 0 aliphatic rings. The van der Waals surface area contributed by atoms with E-state index >= 15 is 0 Å². The molecule has 5 nitrogen and oxygen atoms in total. The van der Waals surface area contributed by atoms with E-state index < -0.39 is 0 Å². The zero-order valence-electron chi connectivity index (χ0n) is 25.3. The summed E-state index contributed by atoms with van der Waals surface area (Å²) in [5, 5.41) is 2.57. The van der Waals surface area contributed by atoms with Crippen molar-refractivity contribution in [3.63, 3.8) is 0 Å². The van der Waals surface area contributed by atoms with Crippen LogP contribution < -0.4 is 10.1 Å². The largest absolute Gasteiger partial charge is 0.497 e. The number of nitrogens with zero attached hydrogens (tertiary/aromatic N) is 1. The van der Waals surface area contributed by atoms with Gasteiger partial charge in [-0.05, 0) is 74.9 Å². The number of aryl methyl sites for hydroxylation is 1. The third-order valence-corrected chi connectivity index (χ3v) is 6.34. The zero-order valence-corrected chi connectivity index (χ0v) is 25.3. The number of nitrogens with one attached hydrogen (secondary N) is 1. The smallest absolute Gasteiger partial charge is 0.216 e. The van der Waals surface area contributed by atoms with E-state index in [0.29, 0.717) is 0 Å². The summed E-state index contributed by atoms with van der Waals surface area (Å²) in [4.78, 5) is 23.8. The Morgan fingerprint density at radius 3 is 1.81 bits per heavy atom. The summed E-state index contributed by atoms with van der Waals surface area (Å²) in [6, 6.07) is 17.3. The standard InChI is InChI=1S/C18H29NO.C10H14O.C4H9NO/c1-8-17(14(3)20)19(7)13(2)15-9-11-16(12-10-15)18(4,5)6;1-3-4-9-5-7-10(11-2)8-6-9;1-3-5-4(2)6/h9-13,17H,8H2,1-7H3;5-8H,3-4H2,1-2H3;3H2,1-2H3,(H,5,6)/t13-,17+;;/m1../s1. The van der Waals surface area contributed by atoms with Gasteiger partial charge in [-0.1, -0.05) is 77.4 Å². The lowest BCUT2D eigenvalue weighted by molar-refractivity contribution is -0.122. The Labute approximate surface area is 227 Å². The molecule has 0 radical (unpaired) electrons. The van der Waals surface area contributed by atoms with E-state index in [1.54, 1.807) is 14.0 Å². The summed E-state index contributed by atoms with van der Waals surface area (Å²) < 4.78 is 5.05. The monoisotopic (exact) mass is 512 g/mol. The highest BCUT2D eigenvalue weighted by molar-refractivity contribution is 5.81. The maximum atomic E-state index is 11.7. The second-order valence-corrected chi connectivity index (χ2v) is 10.4. The fraction of sp³-hybridized carbons (Fsp3) is 0.562. The first kappa shape index (κ1) is 34.3. The van der Waals surface area contributed by atoms with Gasteiger partial charge in [0, 0.05) is 19.5 Å². The molecule has 0 heterocycles.